The van der Waals surface area contributed by atoms with Gasteiger partial charge in [0, 0.05) is 22.2 Å². The lowest BCUT2D eigenvalue weighted by molar-refractivity contribution is 0.279. The Labute approximate surface area is 119 Å². The summed E-state index contributed by atoms with van der Waals surface area (Å²) in [7, 11) is 0. The molecule has 0 aliphatic heterocycles. The Morgan fingerprint density at radius 3 is 2.74 bits per heavy atom. The number of aromatic amines is 1. The molecule has 1 fully saturated rings. The largest absolute Gasteiger partial charge is 0.350 e. The molecular weight excluding hydrogens is 252 g/mol. The van der Waals surface area contributed by atoms with Gasteiger partial charge in [0.25, 0.3) is 0 Å². The maximum Gasteiger partial charge on any atom is 0.0735 e. The second kappa shape index (κ2) is 5.22. The lowest BCUT2D eigenvalue weighted by atomic mass is 9.80. The van der Waals surface area contributed by atoms with Crippen LogP contribution >= 0.6 is 11.8 Å². The fourth-order valence-electron chi connectivity index (χ4n) is 3.35. The highest BCUT2D eigenvalue weighted by molar-refractivity contribution is 8.00. The molecular formula is C16H22N2S. The van der Waals surface area contributed by atoms with E-state index in [1.807, 2.05) is 11.8 Å². The average Bonchev–Trinajstić information content (AvgIpc) is 2.76. The van der Waals surface area contributed by atoms with Crippen molar-refractivity contribution in [2.45, 2.75) is 43.0 Å². The van der Waals surface area contributed by atoms with Crippen LogP contribution in [0, 0.1) is 11.8 Å². The van der Waals surface area contributed by atoms with Gasteiger partial charge in [-0.1, -0.05) is 32.0 Å². The SMILES string of the molecule is CC1CC(C)C(Sc2cc3ccccc3[nH]2)C(N)C1. The number of hydrogen-bond donors (Lipinski definition) is 2. The number of para-hydroxylation sites is 1. The van der Waals surface area contributed by atoms with Crippen LogP contribution in [0.15, 0.2) is 35.4 Å². The van der Waals surface area contributed by atoms with Gasteiger partial charge in [0.15, 0.2) is 0 Å². The molecule has 0 amide bonds. The Hall–Kier alpha value is -0.930. The predicted octanol–water partition coefficient (Wildman–Crippen LogP) is 4.02. The third-order valence-electron chi connectivity index (χ3n) is 4.20. The van der Waals surface area contributed by atoms with E-state index in [4.69, 9.17) is 5.73 Å². The van der Waals surface area contributed by atoms with E-state index in [1.165, 1.54) is 22.3 Å². The quantitative estimate of drug-likeness (QED) is 0.868. The third kappa shape index (κ3) is 2.67. The van der Waals surface area contributed by atoms with Crippen LogP contribution in [-0.2, 0) is 0 Å². The molecule has 3 N–H and O–H groups in total. The molecule has 1 heterocycles. The van der Waals surface area contributed by atoms with Crippen LogP contribution in [-0.4, -0.2) is 16.3 Å². The van der Waals surface area contributed by atoms with E-state index in [0.717, 1.165) is 12.3 Å². The second-order valence-corrected chi connectivity index (χ2v) is 7.24. The van der Waals surface area contributed by atoms with Gasteiger partial charge < -0.3 is 10.7 Å². The summed E-state index contributed by atoms with van der Waals surface area (Å²) in [5.74, 6) is 1.46. The summed E-state index contributed by atoms with van der Waals surface area (Å²) in [5.41, 5.74) is 7.59. The van der Waals surface area contributed by atoms with Crippen molar-refractivity contribution in [3.63, 3.8) is 0 Å². The summed E-state index contributed by atoms with van der Waals surface area (Å²) in [5, 5.41) is 3.07. The lowest BCUT2D eigenvalue weighted by Gasteiger charge is -2.36. The molecule has 1 saturated carbocycles. The van der Waals surface area contributed by atoms with Crippen molar-refractivity contribution in [1.29, 1.82) is 0 Å². The fourth-order valence-corrected chi connectivity index (χ4v) is 4.63. The second-order valence-electron chi connectivity index (χ2n) is 6.02. The Bertz CT molecular complexity index is 518. The molecule has 2 aromatic rings. The number of thioether (sulfide) groups is 1. The number of aromatic nitrogens is 1. The lowest BCUT2D eigenvalue weighted by Crippen LogP contribution is -2.42. The molecule has 3 rings (SSSR count). The third-order valence-corrected chi connectivity index (χ3v) is 5.76. The molecule has 1 aliphatic carbocycles. The maximum atomic E-state index is 6.37. The summed E-state index contributed by atoms with van der Waals surface area (Å²) in [6.45, 7) is 4.66. The molecule has 2 nitrogen and oxygen atoms in total. The van der Waals surface area contributed by atoms with Crippen molar-refractivity contribution in [2.75, 3.05) is 0 Å². The van der Waals surface area contributed by atoms with Crippen molar-refractivity contribution in [3.05, 3.63) is 30.3 Å². The van der Waals surface area contributed by atoms with Crippen molar-refractivity contribution in [3.8, 4) is 0 Å². The first-order valence-electron chi connectivity index (χ1n) is 7.13. The van der Waals surface area contributed by atoms with Gasteiger partial charge in [-0.05, 0) is 36.8 Å². The number of nitrogens with two attached hydrogens (primary N) is 1. The van der Waals surface area contributed by atoms with Crippen LogP contribution in [0.5, 0.6) is 0 Å². The minimum Gasteiger partial charge on any atom is -0.350 e. The van der Waals surface area contributed by atoms with Crippen LogP contribution in [0.1, 0.15) is 26.7 Å². The zero-order valence-electron chi connectivity index (χ0n) is 11.6. The van der Waals surface area contributed by atoms with Crippen LogP contribution in [0.25, 0.3) is 10.9 Å². The molecule has 1 aliphatic rings. The summed E-state index contributed by atoms with van der Waals surface area (Å²) in [6.07, 6.45) is 2.45. The van der Waals surface area contributed by atoms with Gasteiger partial charge in [0.05, 0.1) is 5.03 Å². The van der Waals surface area contributed by atoms with E-state index >= 15 is 0 Å². The van der Waals surface area contributed by atoms with Gasteiger partial charge in [0.1, 0.15) is 0 Å². The predicted molar refractivity (Wildman–Crippen MR) is 83.5 cm³/mol. The summed E-state index contributed by atoms with van der Waals surface area (Å²) in [4.78, 5) is 3.50. The first kappa shape index (κ1) is 13.1. The highest BCUT2D eigenvalue weighted by Gasteiger charge is 2.32. The molecule has 0 saturated heterocycles. The molecule has 1 aromatic carbocycles. The van der Waals surface area contributed by atoms with Crippen molar-refractivity contribution < 1.29 is 0 Å². The smallest absolute Gasteiger partial charge is 0.0735 e. The molecule has 0 spiro atoms. The van der Waals surface area contributed by atoms with Crippen molar-refractivity contribution in [2.24, 2.45) is 17.6 Å². The summed E-state index contributed by atoms with van der Waals surface area (Å²) >= 11 is 1.93. The van der Waals surface area contributed by atoms with Crippen molar-refractivity contribution >= 4 is 22.7 Å². The fraction of sp³-hybridized carbons (Fsp3) is 0.500. The number of benzene rings is 1. The van der Waals surface area contributed by atoms with Crippen LogP contribution in [0.4, 0.5) is 0 Å². The van der Waals surface area contributed by atoms with Gasteiger partial charge in [-0.15, -0.1) is 11.8 Å². The van der Waals surface area contributed by atoms with E-state index in [2.05, 4.69) is 49.2 Å². The maximum absolute atomic E-state index is 6.37. The molecule has 4 atom stereocenters. The minimum absolute atomic E-state index is 0.315. The summed E-state index contributed by atoms with van der Waals surface area (Å²) < 4.78 is 0. The highest BCUT2D eigenvalue weighted by atomic mass is 32.2. The van der Waals surface area contributed by atoms with Crippen LogP contribution < -0.4 is 5.73 Å². The van der Waals surface area contributed by atoms with E-state index in [1.54, 1.807) is 0 Å². The Morgan fingerprint density at radius 2 is 2.00 bits per heavy atom. The van der Waals surface area contributed by atoms with E-state index in [0.29, 0.717) is 17.2 Å². The Balaban J connectivity index is 1.80. The Kier molecular flexibility index (Phi) is 3.59. The van der Waals surface area contributed by atoms with Crippen molar-refractivity contribution in [1.82, 2.24) is 4.98 Å². The summed E-state index contributed by atoms with van der Waals surface area (Å²) in [6, 6.07) is 11.0. The van der Waals surface area contributed by atoms with E-state index in [9.17, 15) is 0 Å². The van der Waals surface area contributed by atoms with Gasteiger partial charge in [0.2, 0.25) is 0 Å². The highest BCUT2D eigenvalue weighted by Crippen LogP contribution is 2.39. The standard InChI is InChI=1S/C16H22N2S/c1-10-7-11(2)16(13(17)8-10)19-15-9-12-5-3-4-6-14(12)18-15/h3-6,9-11,13,16,18H,7-8,17H2,1-2H3. The molecule has 4 unspecified atom stereocenters. The normalized spacial score (nSPS) is 31.7. The monoisotopic (exact) mass is 274 g/mol. The average molecular weight is 274 g/mol. The molecule has 102 valence electrons. The van der Waals surface area contributed by atoms with Gasteiger partial charge in [-0.3, -0.25) is 0 Å². The molecule has 19 heavy (non-hydrogen) atoms. The molecule has 1 aromatic heterocycles. The first-order chi connectivity index (χ1) is 9.13. The van der Waals surface area contributed by atoms with Gasteiger partial charge in [-0.25, -0.2) is 0 Å². The van der Waals surface area contributed by atoms with Gasteiger partial charge in [-0.2, -0.15) is 0 Å². The van der Waals surface area contributed by atoms with E-state index < -0.39 is 0 Å². The number of nitrogens with one attached hydrogen (secondary N) is 1. The number of H-pyrrole nitrogens is 1. The van der Waals surface area contributed by atoms with Crippen LogP contribution in [0.2, 0.25) is 0 Å². The number of rotatable bonds is 2. The molecule has 0 radical (unpaired) electrons. The Morgan fingerprint density at radius 1 is 1.21 bits per heavy atom. The zero-order chi connectivity index (χ0) is 13.4. The molecule has 3 heteroatoms. The number of fused-ring (bicyclic) bond motifs is 1. The van der Waals surface area contributed by atoms with Gasteiger partial charge >= 0.3 is 0 Å². The van der Waals surface area contributed by atoms with E-state index in [-0.39, 0.29) is 0 Å². The van der Waals surface area contributed by atoms with Crippen LogP contribution in [0.3, 0.4) is 0 Å². The first-order valence-corrected chi connectivity index (χ1v) is 8.01. The molecule has 0 bridgehead atoms. The topological polar surface area (TPSA) is 41.8 Å². The minimum atomic E-state index is 0.315. The number of hydrogen-bond acceptors (Lipinski definition) is 2. The zero-order valence-corrected chi connectivity index (χ0v) is 12.4.